The fraction of sp³-hybridized carbons (Fsp3) is 0.391. The van der Waals surface area contributed by atoms with Crippen LogP contribution in [-0.4, -0.2) is 69.9 Å². The number of thiazole rings is 1. The molecule has 2 heterocycles. The molecular weight excluding hydrogens is 446 g/mol. The van der Waals surface area contributed by atoms with E-state index in [1.54, 1.807) is 17.0 Å². The molecule has 170 valence electrons. The van der Waals surface area contributed by atoms with Crippen molar-refractivity contribution in [3.8, 4) is 0 Å². The van der Waals surface area contributed by atoms with Crippen molar-refractivity contribution in [3.63, 3.8) is 0 Å². The largest absolute Gasteiger partial charge is 0.379 e. The second-order valence-corrected chi connectivity index (χ2v) is 11.1. The first-order valence-electron chi connectivity index (χ1n) is 10.6. The highest BCUT2D eigenvalue weighted by molar-refractivity contribution is 7.90. The quantitative estimate of drug-likeness (QED) is 0.523. The van der Waals surface area contributed by atoms with Crippen molar-refractivity contribution >= 4 is 42.4 Å². The van der Waals surface area contributed by atoms with Crippen molar-refractivity contribution in [2.45, 2.75) is 18.2 Å². The van der Waals surface area contributed by atoms with E-state index in [1.807, 2.05) is 19.1 Å². The number of anilines is 1. The smallest absolute Gasteiger partial charge is 0.260 e. The summed E-state index contributed by atoms with van der Waals surface area (Å²) in [6, 6.07) is 12.3. The summed E-state index contributed by atoms with van der Waals surface area (Å²) in [5.41, 5.74) is 2.33. The van der Waals surface area contributed by atoms with Gasteiger partial charge >= 0.3 is 0 Å². The normalized spacial score (nSPS) is 15.2. The lowest BCUT2D eigenvalue weighted by Crippen LogP contribution is -2.39. The third kappa shape index (κ3) is 5.35. The number of carbonyl (C=O) groups excluding carboxylic acids is 1. The Kier molecular flexibility index (Phi) is 6.90. The van der Waals surface area contributed by atoms with Gasteiger partial charge in [-0.15, -0.1) is 0 Å². The molecule has 0 saturated carbocycles. The maximum Gasteiger partial charge on any atom is 0.260 e. The number of ether oxygens (including phenoxy) is 1. The molecule has 0 spiro atoms. The third-order valence-corrected chi connectivity index (χ3v) is 7.63. The molecule has 4 rings (SSSR count). The lowest BCUT2D eigenvalue weighted by Gasteiger charge is -2.27. The van der Waals surface area contributed by atoms with Crippen molar-refractivity contribution in [1.29, 1.82) is 0 Å². The van der Waals surface area contributed by atoms with E-state index in [2.05, 4.69) is 11.0 Å². The first kappa shape index (κ1) is 22.8. The van der Waals surface area contributed by atoms with Crippen LogP contribution in [0.2, 0.25) is 0 Å². The van der Waals surface area contributed by atoms with Crippen LogP contribution in [0.1, 0.15) is 22.3 Å². The number of fused-ring (bicyclic) bond motifs is 1. The van der Waals surface area contributed by atoms with E-state index >= 15 is 0 Å². The Balaban J connectivity index is 1.62. The predicted molar refractivity (Wildman–Crippen MR) is 127 cm³/mol. The standard InChI is InChI=1S/C23H27N3O4S2/c1-17-7-8-20-21(15-17)31-23(24-20)26(10-4-9-25-11-13-30-14-12-25)22(27)18-5-3-6-19(16-18)32(2,28)29/h3,5-8,15-16H,4,9-14H2,1-2H3. The van der Waals surface area contributed by atoms with Crippen molar-refractivity contribution in [1.82, 2.24) is 9.88 Å². The zero-order valence-electron chi connectivity index (χ0n) is 18.3. The lowest BCUT2D eigenvalue weighted by atomic mass is 10.2. The van der Waals surface area contributed by atoms with Crippen LogP contribution in [0.3, 0.4) is 0 Å². The van der Waals surface area contributed by atoms with Gasteiger partial charge in [-0.1, -0.05) is 23.5 Å². The van der Waals surface area contributed by atoms with E-state index in [1.165, 1.54) is 23.5 Å². The molecule has 1 saturated heterocycles. The Labute approximate surface area is 192 Å². The van der Waals surface area contributed by atoms with Crippen LogP contribution in [0.25, 0.3) is 10.2 Å². The van der Waals surface area contributed by atoms with Gasteiger partial charge in [-0.05, 0) is 49.2 Å². The number of carbonyl (C=O) groups is 1. The topological polar surface area (TPSA) is 79.8 Å². The highest BCUT2D eigenvalue weighted by Gasteiger charge is 2.23. The first-order chi connectivity index (χ1) is 15.3. The molecule has 9 heteroatoms. The van der Waals surface area contributed by atoms with Gasteiger partial charge in [-0.2, -0.15) is 0 Å². The highest BCUT2D eigenvalue weighted by Crippen LogP contribution is 2.31. The Bertz CT molecular complexity index is 1220. The molecule has 3 aromatic rings. The maximum absolute atomic E-state index is 13.5. The van der Waals surface area contributed by atoms with Crippen molar-refractivity contribution in [2.24, 2.45) is 0 Å². The van der Waals surface area contributed by atoms with Crippen LogP contribution in [0.4, 0.5) is 5.13 Å². The van der Waals surface area contributed by atoms with Crippen LogP contribution >= 0.6 is 11.3 Å². The van der Waals surface area contributed by atoms with Gasteiger partial charge in [0, 0.05) is 38.0 Å². The number of morpholine rings is 1. The van der Waals surface area contributed by atoms with Gasteiger partial charge in [0.2, 0.25) is 0 Å². The van der Waals surface area contributed by atoms with E-state index in [0.29, 0.717) is 17.2 Å². The molecule has 0 atom stereocenters. The molecule has 7 nitrogen and oxygen atoms in total. The molecule has 1 fully saturated rings. The summed E-state index contributed by atoms with van der Waals surface area (Å²) in [6.45, 7) is 6.64. The van der Waals surface area contributed by atoms with E-state index in [4.69, 9.17) is 9.72 Å². The molecule has 0 bridgehead atoms. The van der Waals surface area contributed by atoms with Crippen molar-refractivity contribution in [2.75, 3.05) is 50.5 Å². The first-order valence-corrected chi connectivity index (χ1v) is 13.3. The van der Waals surface area contributed by atoms with E-state index in [9.17, 15) is 13.2 Å². The van der Waals surface area contributed by atoms with Gasteiger partial charge in [-0.3, -0.25) is 14.6 Å². The predicted octanol–water partition coefficient (Wildman–Crippen LogP) is 3.38. The molecule has 0 radical (unpaired) electrons. The summed E-state index contributed by atoms with van der Waals surface area (Å²) < 4.78 is 30.4. The van der Waals surface area contributed by atoms with Gasteiger partial charge < -0.3 is 4.74 Å². The Hall–Kier alpha value is -2.33. The lowest BCUT2D eigenvalue weighted by molar-refractivity contribution is 0.0376. The van der Waals surface area contributed by atoms with Gasteiger partial charge in [0.1, 0.15) is 0 Å². The number of nitrogens with zero attached hydrogens (tertiary/aromatic N) is 3. The second kappa shape index (κ2) is 9.66. The van der Waals surface area contributed by atoms with E-state index in [0.717, 1.165) is 61.3 Å². The number of aryl methyl sites for hydroxylation is 1. The number of rotatable bonds is 7. The van der Waals surface area contributed by atoms with Gasteiger partial charge in [0.25, 0.3) is 5.91 Å². The summed E-state index contributed by atoms with van der Waals surface area (Å²) in [6.07, 6.45) is 1.93. The van der Waals surface area contributed by atoms with E-state index < -0.39 is 9.84 Å². The zero-order valence-corrected chi connectivity index (χ0v) is 19.9. The number of hydrogen-bond donors (Lipinski definition) is 0. The average molecular weight is 474 g/mol. The minimum Gasteiger partial charge on any atom is -0.379 e. The van der Waals surface area contributed by atoms with Crippen LogP contribution < -0.4 is 4.90 Å². The Morgan fingerprint density at radius 1 is 1.19 bits per heavy atom. The number of sulfone groups is 1. The number of aromatic nitrogens is 1. The van der Waals surface area contributed by atoms with Gasteiger partial charge in [0.15, 0.2) is 15.0 Å². The summed E-state index contributed by atoms with van der Waals surface area (Å²) in [5.74, 6) is -0.242. The summed E-state index contributed by atoms with van der Waals surface area (Å²) in [7, 11) is -3.41. The van der Waals surface area contributed by atoms with E-state index in [-0.39, 0.29) is 10.8 Å². The van der Waals surface area contributed by atoms with Crippen LogP contribution in [0.15, 0.2) is 47.4 Å². The molecule has 0 aliphatic carbocycles. The fourth-order valence-corrected chi connectivity index (χ4v) is 5.47. The minimum absolute atomic E-state index is 0.136. The van der Waals surface area contributed by atoms with Gasteiger partial charge in [0.05, 0.1) is 28.3 Å². The summed E-state index contributed by atoms with van der Waals surface area (Å²) in [5, 5.41) is 0.627. The average Bonchev–Trinajstić information content (AvgIpc) is 3.19. The molecule has 1 aliphatic rings. The molecule has 1 aromatic heterocycles. The minimum atomic E-state index is -3.41. The molecule has 0 unspecified atom stereocenters. The molecule has 32 heavy (non-hydrogen) atoms. The number of amides is 1. The molecular formula is C23H27N3O4S2. The third-order valence-electron chi connectivity index (χ3n) is 5.48. The van der Waals surface area contributed by atoms with Gasteiger partial charge in [-0.25, -0.2) is 13.4 Å². The van der Waals surface area contributed by atoms with Crippen LogP contribution in [0.5, 0.6) is 0 Å². The maximum atomic E-state index is 13.5. The summed E-state index contributed by atoms with van der Waals surface area (Å²) >= 11 is 1.48. The van der Waals surface area contributed by atoms with Crippen LogP contribution in [0, 0.1) is 6.92 Å². The Morgan fingerprint density at radius 3 is 2.72 bits per heavy atom. The fourth-order valence-electron chi connectivity index (χ4n) is 3.71. The Morgan fingerprint density at radius 2 is 1.97 bits per heavy atom. The monoisotopic (exact) mass is 473 g/mol. The SMILES string of the molecule is Cc1ccc2nc(N(CCCN3CCOCC3)C(=O)c3cccc(S(C)(=O)=O)c3)sc2c1. The molecule has 1 aliphatic heterocycles. The number of hydrogen-bond acceptors (Lipinski definition) is 7. The van der Waals surface area contributed by atoms with Crippen molar-refractivity contribution in [3.05, 3.63) is 53.6 Å². The molecule has 0 N–H and O–H groups in total. The zero-order chi connectivity index (χ0) is 22.7. The second-order valence-electron chi connectivity index (χ2n) is 8.03. The van der Waals surface area contributed by atoms with Crippen LogP contribution in [-0.2, 0) is 14.6 Å². The molecule has 1 amide bonds. The summed E-state index contributed by atoms with van der Waals surface area (Å²) in [4.78, 5) is 22.4. The molecule has 2 aromatic carbocycles. The van der Waals surface area contributed by atoms with Crippen molar-refractivity contribution < 1.29 is 17.9 Å². The highest BCUT2D eigenvalue weighted by atomic mass is 32.2. The number of benzene rings is 2.